The van der Waals surface area contributed by atoms with E-state index in [1.807, 2.05) is 30.3 Å². The Hall–Kier alpha value is -1.83. The van der Waals surface area contributed by atoms with Gasteiger partial charge >= 0.3 is 0 Å². The first-order valence-electron chi connectivity index (χ1n) is 5.90. The van der Waals surface area contributed by atoms with Crippen molar-refractivity contribution in [1.82, 2.24) is 0 Å². The predicted octanol–water partition coefficient (Wildman–Crippen LogP) is 4.42. The van der Waals surface area contributed by atoms with Crippen LogP contribution in [-0.4, -0.2) is 10.9 Å². The van der Waals surface area contributed by atoms with Gasteiger partial charge in [-0.05, 0) is 54.7 Å². The van der Waals surface area contributed by atoms with Gasteiger partial charge in [-0.3, -0.25) is 0 Å². The molecular formula is C15H14N2S. The van der Waals surface area contributed by atoms with Crippen molar-refractivity contribution in [3.8, 4) is 0 Å². The Bertz CT molecular complexity index is 534. The van der Waals surface area contributed by atoms with Crippen molar-refractivity contribution in [1.29, 1.82) is 5.41 Å². The van der Waals surface area contributed by atoms with Gasteiger partial charge in [0.15, 0.2) is 0 Å². The van der Waals surface area contributed by atoms with Crippen LogP contribution in [-0.2, 0) is 0 Å². The first-order valence-corrected chi connectivity index (χ1v) is 6.30. The summed E-state index contributed by atoms with van der Waals surface area (Å²) in [6.07, 6.45) is 10.2. The van der Waals surface area contributed by atoms with E-state index in [0.29, 0.717) is 5.92 Å². The minimum Gasteiger partial charge on any atom is -0.305 e. The Morgan fingerprint density at radius 2 is 2.11 bits per heavy atom. The van der Waals surface area contributed by atoms with Gasteiger partial charge in [-0.25, -0.2) is 0 Å². The lowest BCUT2D eigenvalue weighted by atomic mass is 9.94. The summed E-state index contributed by atoms with van der Waals surface area (Å²) in [5.74, 6) is 0.442. The molecule has 0 amide bonds. The average molecular weight is 254 g/mol. The molecule has 1 aromatic carbocycles. The molecule has 1 N–H and O–H groups in total. The number of rotatable bonds is 3. The summed E-state index contributed by atoms with van der Waals surface area (Å²) >= 11 is 4.56. The van der Waals surface area contributed by atoms with Crippen LogP contribution in [0.15, 0.2) is 47.5 Å². The van der Waals surface area contributed by atoms with E-state index in [1.54, 1.807) is 0 Å². The molecule has 0 saturated carbocycles. The van der Waals surface area contributed by atoms with Crippen molar-refractivity contribution in [2.75, 3.05) is 0 Å². The molecular weight excluding hydrogens is 240 g/mol. The van der Waals surface area contributed by atoms with Crippen molar-refractivity contribution in [3.63, 3.8) is 0 Å². The van der Waals surface area contributed by atoms with Gasteiger partial charge in [-0.2, -0.15) is 4.99 Å². The second-order valence-corrected chi connectivity index (χ2v) is 4.42. The molecule has 0 spiro atoms. The number of hydrogen-bond acceptors (Lipinski definition) is 3. The molecule has 1 aliphatic rings. The van der Waals surface area contributed by atoms with Crippen molar-refractivity contribution in [3.05, 3.63) is 48.1 Å². The zero-order valence-electron chi connectivity index (χ0n) is 9.97. The summed E-state index contributed by atoms with van der Waals surface area (Å²) in [6, 6.07) is 7.86. The Morgan fingerprint density at radius 1 is 1.33 bits per heavy atom. The standard InChI is InChI=1S/C15H14N2S/c16-14-7-3-12(4-8-14)1-2-13-5-9-15(10-6-13)17-11-18/h1-3,5-7,9-10,12,16H,4,8H2. The Morgan fingerprint density at radius 3 is 2.72 bits per heavy atom. The number of thiocarbonyl (C=S) groups is 1. The molecule has 1 unspecified atom stereocenters. The third-order valence-electron chi connectivity index (χ3n) is 2.90. The molecule has 0 bridgehead atoms. The fourth-order valence-corrected chi connectivity index (χ4v) is 1.95. The number of benzene rings is 1. The number of hydrogen-bond donors (Lipinski definition) is 1. The van der Waals surface area contributed by atoms with Crippen LogP contribution in [0.4, 0.5) is 5.69 Å². The van der Waals surface area contributed by atoms with E-state index >= 15 is 0 Å². The topological polar surface area (TPSA) is 36.2 Å². The van der Waals surface area contributed by atoms with E-state index in [9.17, 15) is 0 Å². The third-order valence-corrected chi connectivity index (χ3v) is 2.99. The van der Waals surface area contributed by atoms with Crippen LogP contribution in [0.1, 0.15) is 18.4 Å². The molecule has 0 aliphatic heterocycles. The van der Waals surface area contributed by atoms with Gasteiger partial charge in [0, 0.05) is 5.71 Å². The lowest BCUT2D eigenvalue weighted by Gasteiger charge is -2.12. The Balaban J connectivity index is 2.02. The molecule has 2 rings (SSSR count). The molecule has 1 atom stereocenters. The van der Waals surface area contributed by atoms with Crippen molar-refractivity contribution in [2.45, 2.75) is 12.8 Å². The Labute approximate surface area is 112 Å². The lowest BCUT2D eigenvalue weighted by molar-refractivity contribution is 0.726. The minimum atomic E-state index is 0.442. The zero-order valence-corrected chi connectivity index (χ0v) is 10.8. The quantitative estimate of drug-likeness (QED) is 0.629. The van der Waals surface area contributed by atoms with Crippen LogP contribution in [0.2, 0.25) is 0 Å². The van der Waals surface area contributed by atoms with Crippen LogP contribution in [0.3, 0.4) is 0 Å². The minimum absolute atomic E-state index is 0.442. The van der Waals surface area contributed by atoms with E-state index in [0.717, 1.165) is 29.8 Å². The molecule has 0 fully saturated rings. The number of isothiocyanates is 1. The second-order valence-electron chi connectivity index (χ2n) is 4.24. The maximum atomic E-state index is 7.50. The first kappa shape index (κ1) is 12.6. The zero-order chi connectivity index (χ0) is 12.8. The van der Waals surface area contributed by atoms with E-state index in [4.69, 9.17) is 5.41 Å². The SMILES string of the molecule is N=C1C=CC(C=Cc2ccc(N=C=S)cc2)CC1. The smallest absolute Gasteiger partial charge is 0.0739 e. The largest absolute Gasteiger partial charge is 0.305 e. The van der Waals surface area contributed by atoms with Gasteiger partial charge in [-0.1, -0.05) is 30.4 Å². The van der Waals surface area contributed by atoms with Gasteiger partial charge in [-0.15, -0.1) is 0 Å². The fourth-order valence-electron chi connectivity index (χ4n) is 1.85. The van der Waals surface area contributed by atoms with Crippen LogP contribution in [0.25, 0.3) is 6.08 Å². The molecule has 1 aliphatic carbocycles. The third kappa shape index (κ3) is 3.59. The molecule has 3 heteroatoms. The van der Waals surface area contributed by atoms with Gasteiger partial charge in [0.1, 0.15) is 0 Å². The lowest BCUT2D eigenvalue weighted by Crippen LogP contribution is -2.04. The molecule has 18 heavy (non-hydrogen) atoms. The van der Waals surface area contributed by atoms with Crippen molar-refractivity contribution in [2.24, 2.45) is 10.9 Å². The van der Waals surface area contributed by atoms with E-state index in [1.165, 1.54) is 0 Å². The van der Waals surface area contributed by atoms with Gasteiger partial charge in [0.25, 0.3) is 0 Å². The van der Waals surface area contributed by atoms with Gasteiger partial charge in [0.2, 0.25) is 0 Å². The van der Waals surface area contributed by atoms with Gasteiger partial charge < -0.3 is 5.41 Å². The van der Waals surface area contributed by atoms with Crippen LogP contribution in [0.5, 0.6) is 0 Å². The summed E-state index contributed by atoms with van der Waals surface area (Å²) in [7, 11) is 0. The van der Waals surface area contributed by atoms with Gasteiger partial charge in [0.05, 0.1) is 10.8 Å². The highest BCUT2D eigenvalue weighted by Gasteiger charge is 2.07. The first-order chi connectivity index (χ1) is 8.78. The second kappa shape index (κ2) is 6.20. The average Bonchev–Trinajstić information content (AvgIpc) is 2.40. The van der Waals surface area contributed by atoms with Crippen LogP contribution < -0.4 is 0 Å². The molecule has 1 aromatic rings. The molecule has 0 saturated heterocycles. The molecule has 0 aromatic heterocycles. The summed E-state index contributed by atoms with van der Waals surface area (Å²) in [5, 5.41) is 9.85. The van der Waals surface area contributed by atoms with Crippen LogP contribution >= 0.6 is 12.2 Å². The van der Waals surface area contributed by atoms with Crippen molar-refractivity contribution >= 4 is 34.9 Å². The van der Waals surface area contributed by atoms with E-state index in [2.05, 4.69) is 40.6 Å². The highest BCUT2D eigenvalue weighted by Crippen LogP contribution is 2.19. The summed E-state index contributed by atoms with van der Waals surface area (Å²) in [4.78, 5) is 3.91. The highest BCUT2D eigenvalue weighted by molar-refractivity contribution is 7.78. The summed E-state index contributed by atoms with van der Waals surface area (Å²) in [6.45, 7) is 0. The monoisotopic (exact) mass is 254 g/mol. The molecule has 90 valence electrons. The number of nitrogens with one attached hydrogen (secondary N) is 1. The molecule has 0 radical (unpaired) electrons. The fraction of sp³-hybridized carbons (Fsp3) is 0.200. The Kier molecular flexibility index (Phi) is 4.35. The normalized spacial score (nSPS) is 18.9. The van der Waals surface area contributed by atoms with E-state index in [-0.39, 0.29) is 0 Å². The number of allylic oxidation sites excluding steroid dienone is 3. The summed E-state index contributed by atoms with van der Waals surface area (Å²) in [5.41, 5.74) is 2.70. The van der Waals surface area contributed by atoms with Crippen molar-refractivity contribution < 1.29 is 0 Å². The molecule has 0 heterocycles. The number of nitrogens with zero attached hydrogens (tertiary/aromatic N) is 1. The predicted molar refractivity (Wildman–Crippen MR) is 79.8 cm³/mol. The van der Waals surface area contributed by atoms with E-state index < -0.39 is 0 Å². The number of aliphatic imine (C=N–C) groups is 1. The maximum absolute atomic E-state index is 7.50. The summed E-state index contributed by atoms with van der Waals surface area (Å²) < 4.78 is 0. The highest BCUT2D eigenvalue weighted by atomic mass is 32.1. The maximum Gasteiger partial charge on any atom is 0.0739 e. The molecule has 2 nitrogen and oxygen atoms in total. The van der Waals surface area contributed by atoms with Crippen LogP contribution in [0, 0.1) is 11.3 Å².